The first kappa shape index (κ1) is 19.9. The Morgan fingerprint density at radius 1 is 0.964 bits per heavy atom. The molecule has 144 valence electrons. The second-order valence-electron chi connectivity index (χ2n) is 7.08. The molecule has 2 aromatic rings. The molecule has 0 unspecified atom stereocenters. The van der Waals surface area contributed by atoms with Crippen molar-refractivity contribution in [2.24, 2.45) is 0 Å². The molecule has 5 heteroatoms. The summed E-state index contributed by atoms with van der Waals surface area (Å²) in [6, 6.07) is 5.19. The largest absolute Gasteiger partial charge is 0.422 e. The van der Waals surface area contributed by atoms with Gasteiger partial charge >= 0.3 is 11.9 Å². The lowest BCUT2D eigenvalue weighted by Crippen LogP contribution is -2.16. The average molecular weight is 397 g/mol. The molecular weight excluding hydrogens is 376 g/mol. The van der Waals surface area contributed by atoms with Crippen molar-refractivity contribution >= 4 is 34.3 Å². The Morgan fingerprint density at radius 2 is 1.54 bits per heavy atom. The van der Waals surface area contributed by atoms with Gasteiger partial charge in [0.05, 0.1) is 0 Å². The Morgan fingerprint density at radius 3 is 2.11 bits per heavy atom. The molecule has 0 saturated heterocycles. The van der Waals surface area contributed by atoms with Gasteiger partial charge in [-0.1, -0.05) is 36.4 Å². The summed E-state index contributed by atoms with van der Waals surface area (Å²) >= 11 is 6.21. The number of fused-ring (bicyclic) bond motifs is 2. The minimum atomic E-state index is -0.513. The van der Waals surface area contributed by atoms with E-state index in [0.717, 1.165) is 16.7 Å². The van der Waals surface area contributed by atoms with Crippen molar-refractivity contribution in [1.82, 2.24) is 0 Å². The third kappa shape index (κ3) is 3.73. The first-order chi connectivity index (χ1) is 13.2. The maximum atomic E-state index is 12.3. The number of hydrogen-bond donors (Lipinski definition) is 0. The number of allylic oxidation sites excluding steroid dienone is 2. The third-order valence-electron chi connectivity index (χ3n) is 4.58. The summed E-state index contributed by atoms with van der Waals surface area (Å²) in [5.74, 6) is -0.129. The Hall–Kier alpha value is -2.85. The van der Waals surface area contributed by atoms with Crippen molar-refractivity contribution in [2.75, 3.05) is 0 Å². The van der Waals surface area contributed by atoms with Crippen molar-refractivity contribution < 1.29 is 19.1 Å². The molecule has 3 rings (SSSR count). The molecule has 1 aliphatic carbocycles. The summed E-state index contributed by atoms with van der Waals surface area (Å²) in [6.07, 6.45) is 3.21. The molecule has 0 spiro atoms. The summed E-state index contributed by atoms with van der Waals surface area (Å²) in [4.78, 5) is 24.6. The van der Waals surface area contributed by atoms with E-state index in [9.17, 15) is 9.59 Å². The molecule has 1 aliphatic rings. The van der Waals surface area contributed by atoms with Gasteiger partial charge in [0.25, 0.3) is 0 Å². The molecule has 0 heterocycles. The van der Waals surface area contributed by atoms with Gasteiger partial charge in [-0.15, -0.1) is 0 Å². The van der Waals surface area contributed by atoms with Crippen molar-refractivity contribution in [2.45, 2.75) is 33.6 Å². The molecule has 0 fully saturated rings. The van der Waals surface area contributed by atoms with Crippen LogP contribution in [0.25, 0.3) is 10.8 Å². The van der Waals surface area contributed by atoms with E-state index in [0.29, 0.717) is 51.3 Å². The lowest BCUT2D eigenvalue weighted by atomic mass is 9.87. The summed E-state index contributed by atoms with van der Waals surface area (Å²) in [5.41, 5.74) is 3.38. The van der Waals surface area contributed by atoms with Crippen molar-refractivity contribution in [3.8, 4) is 11.5 Å². The average Bonchev–Trinajstić information content (AvgIpc) is 2.63. The summed E-state index contributed by atoms with van der Waals surface area (Å²) in [7, 11) is 0. The van der Waals surface area contributed by atoms with Crippen LogP contribution in [0.4, 0.5) is 0 Å². The lowest BCUT2D eigenvalue weighted by molar-refractivity contribution is -0.131. The molecule has 0 amide bonds. The van der Waals surface area contributed by atoms with E-state index in [1.165, 1.54) is 0 Å². The maximum absolute atomic E-state index is 12.3. The van der Waals surface area contributed by atoms with Crippen molar-refractivity contribution in [3.05, 3.63) is 70.3 Å². The van der Waals surface area contributed by atoms with E-state index in [2.05, 4.69) is 19.2 Å². The Kier molecular flexibility index (Phi) is 5.43. The lowest BCUT2D eigenvalue weighted by Gasteiger charge is -2.24. The fraction of sp³-hybridized carbons (Fsp3) is 0.217. The van der Waals surface area contributed by atoms with Crippen LogP contribution in [0.3, 0.4) is 0 Å². The topological polar surface area (TPSA) is 52.6 Å². The van der Waals surface area contributed by atoms with E-state index in [1.54, 1.807) is 32.0 Å². The minimum Gasteiger partial charge on any atom is -0.422 e. The van der Waals surface area contributed by atoms with Gasteiger partial charge in [0.1, 0.15) is 11.5 Å². The highest BCUT2D eigenvalue weighted by atomic mass is 35.5. The highest BCUT2D eigenvalue weighted by Crippen LogP contribution is 2.45. The molecule has 28 heavy (non-hydrogen) atoms. The Bertz CT molecular complexity index is 1080. The van der Waals surface area contributed by atoms with Gasteiger partial charge in [0, 0.05) is 38.1 Å². The van der Waals surface area contributed by atoms with E-state index in [1.807, 2.05) is 6.92 Å². The molecule has 0 radical (unpaired) electrons. The first-order valence-electron chi connectivity index (χ1n) is 8.87. The zero-order valence-corrected chi connectivity index (χ0v) is 16.9. The third-order valence-corrected chi connectivity index (χ3v) is 4.82. The number of carbonyl (C=O) groups excluding carboxylic acids is 2. The first-order valence-corrected chi connectivity index (χ1v) is 9.24. The fourth-order valence-corrected chi connectivity index (χ4v) is 3.30. The molecule has 0 N–H and O–H groups in total. The molecule has 2 aromatic carbocycles. The van der Waals surface area contributed by atoms with E-state index >= 15 is 0 Å². The van der Waals surface area contributed by atoms with Crippen molar-refractivity contribution in [1.29, 1.82) is 0 Å². The maximum Gasteiger partial charge on any atom is 0.338 e. The number of hydrogen-bond acceptors (Lipinski definition) is 4. The van der Waals surface area contributed by atoms with E-state index in [-0.39, 0.29) is 0 Å². The van der Waals surface area contributed by atoms with Crippen LogP contribution in [-0.4, -0.2) is 11.9 Å². The van der Waals surface area contributed by atoms with Gasteiger partial charge in [-0.05, 0) is 51.8 Å². The van der Waals surface area contributed by atoms with Crippen LogP contribution in [0.1, 0.15) is 31.9 Å². The van der Waals surface area contributed by atoms with Crippen LogP contribution in [0.5, 0.6) is 11.5 Å². The predicted molar refractivity (Wildman–Crippen MR) is 111 cm³/mol. The van der Waals surface area contributed by atoms with Gasteiger partial charge in [-0.3, -0.25) is 0 Å². The van der Waals surface area contributed by atoms with Gasteiger partial charge in [-0.25, -0.2) is 9.59 Å². The summed E-state index contributed by atoms with van der Waals surface area (Å²) in [6.45, 7) is 12.5. The number of benzene rings is 2. The zero-order chi connectivity index (χ0) is 20.6. The predicted octanol–water partition coefficient (Wildman–Crippen LogP) is 5.50. The zero-order valence-electron chi connectivity index (χ0n) is 16.1. The molecule has 0 aromatic heterocycles. The van der Waals surface area contributed by atoms with Crippen LogP contribution in [0.2, 0.25) is 5.02 Å². The van der Waals surface area contributed by atoms with Gasteiger partial charge < -0.3 is 9.47 Å². The summed E-state index contributed by atoms with van der Waals surface area (Å²) in [5, 5.41) is 1.75. The van der Waals surface area contributed by atoms with Gasteiger partial charge in [-0.2, -0.15) is 0 Å². The SMILES string of the molecule is C=C(C)C(=O)Oc1c2c(c(OC(=O)C(=C)C)c3ccc(Cl)cc13)CC(C)=CC2. The molecule has 0 aliphatic heterocycles. The molecule has 0 bridgehead atoms. The number of carbonyl (C=O) groups is 2. The molecule has 4 nitrogen and oxygen atoms in total. The monoisotopic (exact) mass is 396 g/mol. The smallest absolute Gasteiger partial charge is 0.338 e. The molecule has 0 saturated carbocycles. The van der Waals surface area contributed by atoms with Crippen LogP contribution in [-0.2, 0) is 22.4 Å². The highest BCUT2D eigenvalue weighted by molar-refractivity contribution is 6.31. The van der Waals surface area contributed by atoms with Crippen LogP contribution >= 0.6 is 11.6 Å². The van der Waals surface area contributed by atoms with E-state index in [4.69, 9.17) is 21.1 Å². The standard InChI is InChI=1S/C23H21ClO4/c1-12(2)22(25)27-20-17-9-7-15(24)11-19(17)21(28-23(26)13(3)4)16-8-6-14(5)10-18(16)20/h6-7,9,11H,1,3,8,10H2,2,4-5H3. The van der Waals surface area contributed by atoms with Gasteiger partial charge in [0.2, 0.25) is 0 Å². The fourth-order valence-electron chi connectivity index (χ4n) is 3.12. The van der Waals surface area contributed by atoms with Crippen LogP contribution in [0.15, 0.2) is 54.2 Å². The number of rotatable bonds is 4. The highest BCUT2D eigenvalue weighted by Gasteiger charge is 2.26. The Balaban J connectivity index is 2.33. The second-order valence-corrected chi connectivity index (χ2v) is 7.51. The minimum absolute atomic E-state index is 0.296. The van der Waals surface area contributed by atoms with E-state index < -0.39 is 11.9 Å². The van der Waals surface area contributed by atoms with Crippen LogP contribution < -0.4 is 9.47 Å². The summed E-state index contributed by atoms with van der Waals surface area (Å²) < 4.78 is 11.4. The Labute approximate surface area is 169 Å². The molecular formula is C23H21ClO4. The number of esters is 2. The molecule has 0 atom stereocenters. The second kappa shape index (κ2) is 7.64. The quantitative estimate of drug-likeness (QED) is 0.296. The van der Waals surface area contributed by atoms with Crippen molar-refractivity contribution in [3.63, 3.8) is 0 Å². The number of halogens is 1. The number of ether oxygens (including phenoxy) is 2. The van der Waals surface area contributed by atoms with Gasteiger partial charge in [0.15, 0.2) is 0 Å². The van der Waals surface area contributed by atoms with Crippen LogP contribution in [0, 0.1) is 0 Å². The normalized spacial score (nSPS) is 12.8.